The molecule has 1 aliphatic heterocycles. The lowest BCUT2D eigenvalue weighted by atomic mass is 10.0. The molecule has 0 amide bonds. The van der Waals surface area contributed by atoms with Crippen LogP contribution in [-0.2, 0) is 20.1 Å². The summed E-state index contributed by atoms with van der Waals surface area (Å²) < 4.78 is 15.9. The van der Waals surface area contributed by atoms with Crippen LogP contribution >= 0.6 is 12.2 Å². The summed E-state index contributed by atoms with van der Waals surface area (Å²) in [5, 5.41) is 4.87. The zero-order valence-corrected chi connectivity index (χ0v) is 18.6. The highest BCUT2D eigenvalue weighted by molar-refractivity contribution is 7.71. The van der Waals surface area contributed by atoms with E-state index >= 15 is 0 Å². The number of quaternary nitrogens is 1. The number of nitrogens with one attached hydrogen (secondary N) is 1. The molecule has 30 heavy (non-hydrogen) atoms. The van der Waals surface area contributed by atoms with Crippen molar-refractivity contribution >= 4 is 12.2 Å². The van der Waals surface area contributed by atoms with Gasteiger partial charge in [-0.15, -0.1) is 0 Å². The third kappa shape index (κ3) is 4.13. The molecular weight excluding hydrogens is 396 g/mol. The van der Waals surface area contributed by atoms with Crippen LogP contribution in [0.15, 0.2) is 48.5 Å². The van der Waals surface area contributed by atoms with Crippen molar-refractivity contribution in [3.8, 4) is 11.5 Å². The molecular formula is C23H29N4O2S+. The first-order valence-corrected chi connectivity index (χ1v) is 10.7. The minimum atomic E-state index is 0.330. The quantitative estimate of drug-likeness (QED) is 0.592. The van der Waals surface area contributed by atoms with Crippen LogP contribution < -0.4 is 14.4 Å². The molecule has 0 spiro atoms. The summed E-state index contributed by atoms with van der Waals surface area (Å²) in [7, 11) is 5.43. The van der Waals surface area contributed by atoms with Crippen molar-refractivity contribution in [2.45, 2.75) is 32.0 Å². The molecule has 1 aromatic heterocycles. The molecule has 0 bridgehead atoms. The average Bonchev–Trinajstić information content (AvgIpc) is 3.34. The van der Waals surface area contributed by atoms with Crippen LogP contribution in [0, 0.1) is 4.77 Å². The molecule has 2 atom stereocenters. The lowest BCUT2D eigenvalue weighted by Crippen LogP contribution is -3.09. The first-order valence-electron chi connectivity index (χ1n) is 10.3. The van der Waals surface area contributed by atoms with E-state index in [-0.39, 0.29) is 0 Å². The van der Waals surface area contributed by atoms with Crippen LogP contribution in [0.2, 0.25) is 0 Å². The lowest BCUT2D eigenvalue weighted by molar-refractivity contribution is -0.941. The fraction of sp³-hybridized carbons (Fsp3) is 0.391. The van der Waals surface area contributed by atoms with E-state index < -0.39 is 0 Å². The molecule has 1 unspecified atom stereocenters. The van der Waals surface area contributed by atoms with E-state index in [1.807, 2.05) is 34.5 Å². The Kier molecular flexibility index (Phi) is 6.20. The summed E-state index contributed by atoms with van der Waals surface area (Å²) >= 11 is 5.71. The number of nitrogens with zero attached hydrogens (tertiary/aromatic N) is 3. The van der Waals surface area contributed by atoms with Gasteiger partial charge in [-0.25, -0.2) is 0 Å². The monoisotopic (exact) mass is 425 g/mol. The van der Waals surface area contributed by atoms with E-state index in [9.17, 15) is 0 Å². The van der Waals surface area contributed by atoms with E-state index in [1.54, 1.807) is 14.2 Å². The fourth-order valence-corrected chi connectivity index (χ4v) is 4.56. The number of hydrogen-bond donors (Lipinski definition) is 1. The number of likely N-dealkylation sites (tertiary alicyclic amines) is 1. The molecule has 1 fully saturated rings. The van der Waals surface area contributed by atoms with Crippen LogP contribution in [0.4, 0.5) is 0 Å². The third-order valence-corrected chi connectivity index (χ3v) is 6.47. The first-order chi connectivity index (χ1) is 14.6. The van der Waals surface area contributed by atoms with E-state index in [4.69, 9.17) is 26.8 Å². The van der Waals surface area contributed by atoms with Gasteiger partial charge in [0.1, 0.15) is 23.4 Å². The van der Waals surface area contributed by atoms with Crippen molar-refractivity contribution in [3.05, 3.63) is 70.3 Å². The van der Waals surface area contributed by atoms with E-state index in [1.165, 1.54) is 16.0 Å². The summed E-state index contributed by atoms with van der Waals surface area (Å²) in [6, 6.07) is 16.8. The van der Waals surface area contributed by atoms with Crippen molar-refractivity contribution < 1.29 is 14.4 Å². The van der Waals surface area contributed by atoms with Gasteiger partial charge in [0.25, 0.3) is 0 Å². The van der Waals surface area contributed by atoms with Crippen molar-refractivity contribution in [3.63, 3.8) is 0 Å². The number of methoxy groups -OCH3 is 2. The van der Waals surface area contributed by atoms with Gasteiger partial charge in [0.2, 0.25) is 4.77 Å². The minimum Gasteiger partial charge on any atom is -0.497 e. The topological polar surface area (TPSA) is 45.6 Å². The van der Waals surface area contributed by atoms with Crippen LogP contribution in [-0.4, -0.2) is 35.1 Å². The standard InChI is InChI=1S/C23H28N4O2S/c1-25-22(14-17-8-5-4-6-9-17)24-27(23(25)30)16-26-13-7-10-20(26)19-15-18(28-2)11-12-21(19)29-3/h4-6,8-9,11-12,15,20H,7,10,13-14,16H2,1-3H3/p+1/t20-/m0/s1. The van der Waals surface area contributed by atoms with E-state index in [2.05, 4.69) is 30.3 Å². The van der Waals surface area contributed by atoms with Gasteiger partial charge in [-0.05, 0) is 36.0 Å². The molecule has 0 aliphatic carbocycles. The molecule has 1 saturated heterocycles. The van der Waals surface area contributed by atoms with Gasteiger partial charge in [-0.2, -0.15) is 9.78 Å². The van der Waals surface area contributed by atoms with Crippen LogP contribution in [0.5, 0.6) is 11.5 Å². The summed E-state index contributed by atoms with van der Waals surface area (Å²) in [4.78, 5) is 1.45. The maximum absolute atomic E-state index is 5.71. The molecule has 3 aromatic rings. The number of aromatic nitrogens is 3. The summed E-state index contributed by atoms with van der Waals surface area (Å²) in [6.45, 7) is 1.82. The molecule has 0 radical (unpaired) electrons. The maximum atomic E-state index is 5.71. The molecule has 1 N–H and O–H groups in total. The average molecular weight is 426 g/mol. The zero-order valence-electron chi connectivity index (χ0n) is 17.8. The first kappa shape index (κ1) is 20.6. The summed E-state index contributed by atoms with van der Waals surface area (Å²) in [5.41, 5.74) is 2.43. The Hall–Kier alpha value is -2.64. The Bertz CT molecular complexity index is 1060. The van der Waals surface area contributed by atoms with Gasteiger partial charge in [0, 0.05) is 26.3 Å². The van der Waals surface area contributed by atoms with Crippen molar-refractivity contribution in [1.29, 1.82) is 0 Å². The molecule has 2 heterocycles. The Balaban J connectivity index is 1.58. The predicted molar refractivity (Wildman–Crippen MR) is 119 cm³/mol. The van der Waals surface area contributed by atoms with Gasteiger partial charge in [0.05, 0.1) is 26.3 Å². The molecule has 158 valence electrons. The van der Waals surface area contributed by atoms with Gasteiger partial charge in [-0.3, -0.25) is 0 Å². The molecule has 7 heteroatoms. The Morgan fingerprint density at radius 1 is 1.13 bits per heavy atom. The molecule has 2 aromatic carbocycles. The van der Waals surface area contributed by atoms with Gasteiger partial charge in [-0.1, -0.05) is 30.3 Å². The molecule has 4 rings (SSSR count). The third-order valence-electron chi connectivity index (χ3n) is 5.98. The SMILES string of the molecule is COc1ccc(OC)c([C@@H]2CCC[NH+]2Cn2nc(Cc3ccccc3)n(C)c2=S)c1. The zero-order chi connectivity index (χ0) is 21.1. The molecule has 1 aliphatic rings. The number of benzene rings is 2. The Morgan fingerprint density at radius 3 is 2.67 bits per heavy atom. The number of hydrogen-bond acceptors (Lipinski definition) is 4. The Labute approximate surface area is 182 Å². The number of ether oxygens (including phenoxy) is 2. The van der Waals surface area contributed by atoms with Gasteiger partial charge in [0.15, 0.2) is 6.67 Å². The van der Waals surface area contributed by atoms with Gasteiger partial charge >= 0.3 is 0 Å². The highest BCUT2D eigenvalue weighted by Crippen LogP contribution is 2.31. The van der Waals surface area contributed by atoms with Crippen LogP contribution in [0.25, 0.3) is 0 Å². The minimum absolute atomic E-state index is 0.330. The predicted octanol–water partition coefficient (Wildman–Crippen LogP) is 2.94. The summed E-state index contributed by atoms with van der Waals surface area (Å²) in [6.07, 6.45) is 3.05. The maximum Gasteiger partial charge on any atom is 0.202 e. The smallest absolute Gasteiger partial charge is 0.202 e. The van der Waals surface area contributed by atoms with Crippen LogP contribution in [0.3, 0.4) is 0 Å². The normalized spacial score (nSPS) is 18.5. The highest BCUT2D eigenvalue weighted by Gasteiger charge is 2.33. The molecule has 6 nitrogen and oxygen atoms in total. The van der Waals surface area contributed by atoms with E-state index in [0.29, 0.717) is 6.04 Å². The Morgan fingerprint density at radius 2 is 1.93 bits per heavy atom. The second kappa shape index (κ2) is 9.02. The van der Waals surface area contributed by atoms with E-state index in [0.717, 1.165) is 54.6 Å². The van der Waals surface area contributed by atoms with Gasteiger partial charge < -0.3 is 18.9 Å². The second-order valence-corrected chi connectivity index (χ2v) is 8.15. The molecule has 0 saturated carbocycles. The summed E-state index contributed by atoms with van der Waals surface area (Å²) in [5.74, 6) is 2.76. The van der Waals surface area contributed by atoms with Crippen LogP contribution in [0.1, 0.15) is 35.8 Å². The highest BCUT2D eigenvalue weighted by atomic mass is 32.1. The van der Waals surface area contributed by atoms with Crippen molar-refractivity contribution in [2.75, 3.05) is 20.8 Å². The fourth-order valence-electron chi connectivity index (χ4n) is 4.35. The largest absolute Gasteiger partial charge is 0.497 e. The van der Waals surface area contributed by atoms with Crippen molar-refractivity contribution in [2.24, 2.45) is 7.05 Å². The lowest BCUT2D eigenvalue weighted by Gasteiger charge is -2.23. The number of rotatable bonds is 7. The second-order valence-electron chi connectivity index (χ2n) is 7.79. The van der Waals surface area contributed by atoms with Crippen molar-refractivity contribution in [1.82, 2.24) is 14.3 Å².